The highest BCUT2D eigenvalue weighted by Gasteiger charge is 2.33. The largest absolute Gasteiger partial charge is 0.324 e. The van der Waals surface area contributed by atoms with Gasteiger partial charge in [-0.05, 0) is 23.0 Å². The average Bonchev–Trinajstić information content (AvgIpc) is 2.43. The van der Waals surface area contributed by atoms with E-state index >= 15 is 0 Å². The molecule has 15 heavy (non-hydrogen) atoms. The van der Waals surface area contributed by atoms with Gasteiger partial charge >= 0.3 is 0 Å². The van der Waals surface area contributed by atoms with Gasteiger partial charge < -0.3 is 5.73 Å². The Balaban J connectivity index is 2.03. The van der Waals surface area contributed by atoms with Gasteiger partial charge in [-0.3, -0.25) is 0 Å². The Hall–Kier alpha value is -0.990. The van der Waals surface area contributed by atoms with Crippen molar-refractivity contribution in [3.63, 3.8) is 0 Å². The molecule has 2 atom stereocenters. The van der Waals surface area contributed by atoms with Gasteiger partial charge in [0.2, 0.25) is 0 Å². The Morgan fingerprint density at radius 3 is 3.13 bits per heavy atom. The first-order valence-electron chi connectivity index (χ1n) is 5.24. The molecule has 3 aliphatic rings. The number of hydrogen-bond donors (Lipinski definition) is 1. The van der Waals surface area contributed by atoms with Gasteiger partial charge in [-0.15, -0.1) is 0 Å². The van der Waals surface area contributed by atoms with E-state index in [-0.39, 0.29) is 6.04 Å². The molecule has 2 N–H and O–H groups in total. The summed E-state index contributed by atoms with van der Waals surface area (Å²) in [5.41, 5.74) is 7.65. The fourth-order valence-electron chi connectivity index (χ4n) is 2.32. The minimum absolute atomic E-state index is 0.157. The molecule has 0 saturated heterocycles. The van der Waals surface area contributed by atoms with E-state index in [1.807, 2.05) is 11.8 Å². The van der Waals surface area contributed by atoms with Gasteiger partial charge in [0.25, 0.3) is 0 Å². The summed E-state index contributed by atoms with van der Waals surface area (Å²) in [5, 5.41) is 0. The summed E-state index contributed by atoms with van der Waals surface area (Å²) < 4.78 is 0. The topological polar surface area (TPSA) is 26.0 Å². The third kappa shape index (κ3) is 1.45. The van der Waals surface area contributed by atoms with E-state index in [9.17, 15) is 0 Å². The molecule has 2 heteroatoms. The molecule has 0 amide bonds. The van der Waals surface area contributed by atoms with Crippen LogP contribution in [0.25, 0.3) is 0 Å². The second-order valence-electron chi connectivity index (χ2n) is 3.99. The molecule has 0 aromatic rings. The first-order chi connectivity index (χ1) is 7.36. The van der Waals surface area contributed by atoms with Crippen molar-refractivity contribution in [3.8, 4) is 0 Å². The molecule has 1 aliphatic heterocycles. The monoisotopic (exact) mass is 215 g/mol. The maximum absolute atomic E-state index is 6.15. The van der Waals surface area contributed by atoms with Crippen LogP contribution in [0.5, 0.6) is 0 Å². The smallest absolute Gasteiger partial charge is 0.0340 e. The molecule has 1 nitrogen and oxygen atoms in total. The molecule has 1 heterocycles. The number of hydrogen-bond acceptors (Lipinski definition) is 2. The summed E-state index contributed by atoms with van der Waals surface area (Å²) in [4.78, 5) is 2.81. The minimum atomic E-state index is 0.157. The van der Waals surface area contributed by atoms with Gasteiger partial charge in [0, 0.05) is 16.9 Å². The zero-order chi connectivity index (χ0) is 10.3. The Kier molecular flexibility index (Phi) is 2.19. The Morgan fingerprint density at radius 2 is 2.20 bits per heavy atom. The van der Waals surface area contributed by atoms with Gasteiger partial charge in [-0.2, -0.15) is 0 Å². The van der Waals surface area contributed by atoms with Crippen LogP contribution >= 0.6 is 11.8 Å². The Morgan fingerprint density at radius 1 is 1.27 bits per heavy atom. The highest BCUT2D eigenvalue weighted by molar-refractivity contribution is 8.07. The summed E-state index contributed by atoms with van der Waals surface area (Å²) >= 11 is 1.88. The molecule has 2 unspecified atom stereocenters. The minimum Gasteiger partial charge on any atom is -0.324 e. The van der Waals surface area contributed by atoms with E-state index in [2.05, 4.69) is 42.5 Å². The van der Waals surface area contributed by atoms with Gasteiger partial charge in [0.1, 0.15) is 0 Å². The van der Waals surface area contributed by atoms with E-state index in [1.165, 1.54) is 15.4 Å². The second kappa shape index (κ2) is 3.54. The molecule has 0 saturated carbocycles. The van der Waals surface area contributed by atoms with Crippen molar-refractivity contribution >= 4 is 11.8 Å². The van der Waals surface area contributed by atoms with Crippen LogP contribution in [0, 0.1) is 5.92 Å². The fraction of sp³-hybridized carbons (Fsp3) is 0.231. The van der Waals surface area contributed by atoms with Gasteiger partial charge in [-0.25, -0.2) is 0 Å². The molecule has 0 spiro atoms. The number of nitrogens with two attached hydrogens (primary N) is 1. The van der Waals surface area contributed by atoms with Crippen LogP contribution in [0.1, 0.15) is 6.42 Å². The number of thioether (sulfide) groups is 1. The van der Waals surface area contributed by atoms with E-state index in [0.717, 1.165) is 6.42 Å². The van der Waals surface area contributed by atoms with Crippen LogP contribution in [0.4, 0.5) is 0 Å². The number of fused-ring (bicyclic) bond motifs is 2. The van der Waals surface area contributed by atoms with Gasteiger partial charge in [0.15, 0.2) is 0 Å². The molecule has 76 valence electrons. The quantitative estimate of drug-likeness (QED) is 0.672. The molecule has 3 rings (SSSR count). The van der Waals surface area contributed by atoms with Crippen LogP contribution in [0.2, 0.25) is 0 Å². The van der Waals surface area contributed by atoms with Crippen LogP contribution in [0.15, 0.2) is 57.9 Å². The molecular weight excluding hydrogens is 202 g/mol. The zero-order valence-corrected chi connectivity index (χ0v) is 9.21. The Bertz CT molecular complexity index is 437. The van der Waals surface area contributed by atoms with Crippen molar-refractivity contribution < 1.29 is 0 Å². The van der Waals surface area contributed by atoms with Crippen molar-refractivity contribution in [2.45, 2.75) is 12.5 Å². The van der Waals surface area contributed by atoms with Crippen molar-refractivity contribution in [2.75, 3.05) is 0 Å². The lowest BCUT2D eigenvalue weighted by molar-refractivity contribution is 0.636. The molecule has 0 bridgehead atoms. The van der Waals surface area contributed by atoms with Crippen molar-refractivity contribution in [1.29, 1.82) is 0 Å². The van der Waals surface area contributed by atoms with Crippen LogP contribution < -0.4 is 5.73 Å². The normalized spacial score (nSPS) is 32.5. The fourth-order valence-corrected chi connectivity index (χ4v) is 3.63. The molecule has 0 fully saturated rings. The lowest BCUT2D eigenvalue weighted by Gasteiger charge is -2.22. The predicted octanol–water partition coefficient (Wildman–Crippen LogP) is 2.90. The summed E-state index contributed by atoms with van der Waals surface area (Å²) in [5.74, 6) is 0.433. The summed E-state index contributed by atoms with van der Waals surface area (Å²) in [6, 6.07) is 0.157. The van der Waals surface area contributed by atoms with E-state index in [0.29, 0.717) is 5.92 Å². The van der Waals surface area contributed by atoms with E-state index in [1.54, 1.807) is 0 Å². The number of allylic oxidation sites excluding steroid dienone is 6. The first kappa shape index (κ1) is 9.25. The third-order valence-corrected chi connectivity index (χ3v) is 4.28. The SMILES string of the molecule is NC1C=CC=C2SC3=C(CC=CC=C3)C21. The lowest BCUT2D eigenvalue weighted by Crippen LogP contribution is -2.30. The zero-order valence-electron chi connectivity index (χ0n) is 8.39. The number of rotatable bonds is 0. The molecule has 0 aromatic carbocycles. The highest BCUT2D eigenvalue weighted by atomic mass is 32.2. The van der Waals surface area contributed by atoms with Crippen LogP contribution in [-0.4, -0.2) is 6.04 Å². The molecular formula is C13H13NS. The van der Waals surface area contributed by atoms with Crippen molar-refractivity contribution in [3.05, 3.63) is 57.9 Å². The maximum atomic E-state index is 6.15. The second-order valence-corrected chi connectivity index (χ2v) is 5.11. The predicted molar refractivity (Wildman–Crippen MR) is 66.2 cm³/mol. The Labute approximate surface area is 94.1 Å². The lowest BCUT2D eigenvalue weighted by atomic mass is 9.86. The third-order valence-electron chi connectivity index (χ3n) is 3.04. The highest BCUT2D eigenvalue weighted by Crippen LogP contribution is 2.50. The molecule has 0 aromatic heterocycles. The van der Waals surface area contributed by atoms with Crippen molar-refractivity contribution in [2.24, 2.45) is 11.7 Å². The summed E-state index contributed by atoms with van der Waals surface area (Å²) in [7, 11) is 0. The van der Waals surface area contributed by atoms with Crippen molar-refractivity contribution in [1.82, 2.24) is 0 Å². The van der Waals surface area contributed by atoms with Gasteiger partial charge in [-0.1, -0.05) is 48.2 Å². The summed E-state index contributed by atoms with van der Waals surface area (Å²) in [6.07, 6.45) is 16.1. The average molecular weight is 215 g/mol. The molecule has 2 aliphatic carbocycles. The molecule has 0 radical (unpaired) electrons. The maximum Gasteiger partial charge on any atom is 0.0340 e. The van der Waals surface area contributed by atoms with Crippen LogP contribution in [-0.2, 0) is 0 Å². The van der Waals surface area contributed by atoms with E-state index in [4.69, 9.17) is 5.73 Å². The standard InChI is InChI=1S/C13H13NS/c14-10-6-4-8-12-13(10)9-5-2-1-3-7-11(9)15-12/h1-4,6-8,10,13H,5,14H2. The van der Waals surface area contributed by atoms with Gasteiger partial charge in [0.05, 0.1) is 0 Å². The summed E-state index contributed by atoms with van der Waals surface area (Å²) in [6.45, 7) is 0. The first-order valence-corrected chi connectivity index (χ1v) is 6.06. The van der Waals surface area contributed by atoms with Crippen LogP contribution in [0.3, 0.4) is 0 Å². The van der Waals surface area contributed by atoms with E-state index < -0.39 is 0 Å².